The Hall–Kier alpha value is -9.12. The quantitative estimate of drug-likeness (QED) is 0.129. The molecule has 0 aromatic heterocycles. The van der Waals surface area contributed by atoms with Gasteiger partial charge in [0.05, 0.1) is 56.9 Å². The number of hydrogen-bond acceptors (Lipinski definition) is 4. The molecule has 0 N–H and O–H groups in total. The molecule has 0 fully saturated rings. The van der Waals surface area contributed by atoms with E-state index in [1.54, 1.807) is 0 Å². The van der Waals surface area contributed by atoms with Crippen LogP contribution in [0.15, 0.2) is 243 Å². The number of fused-ring (bicyclic) bond motifs is 11. The monoisotopic (exact) mass is 864 g/mol. The molecule has 68 heavy (non-hydrogen) atoms. The van der Waals surface area contributed by atoms with E-state index >= 15 is 0 Å². The molecule has 3 aliphatic rings. The summed E-state index contributed by atoms with van der Waals surface area (Å²) in [5.41, 5.74) is 18.7. The molecule has 2 heterocycles. The van der Waals surface area contributed by atoms with Crippen LogP contribution in [-0.4, -0.2) is 0 Å². The third-order valence-corrected chi connectivity index (χ3v) is 14.5. The van der Waals surface area contributed by atoms with E-state index in [4.69, 9.17) is 0 Å². The van der Waals surface area contributed by atoms with Crippen molar-refractivity contribution < 1.29 is 0 Å². The minimum atomic E-state index is 1.12. The maximum absolute atomic E-state index is 2.55. The van der Waals surface area contributed by atoms with Gasteiger partial charge in [-0.15, -0.1) is 0 Å². The van der Waals surface area contributed by atoms with E-state index in [2.05, 4.69) is 262 Å². The van der Waals surface area contributed by atoms with Crippen LogP contribution in [0.1, 0.15) is 0 Å². The first-order chi connectivity index (χ1) is 33.8. The van der Waals surface area contributed by atoms with Crippen molar-refractivity contribution >= 4 is 111 Å². The van der Waals surface area contributed by atoms with Gasteiger partial charge in [0.15, 0.2) is 0 Å². The molecule has 12 aromatic rings. The van der Waals surface area contributed by atoms with Gasteiger partial charge in [0, 0.05) is 32.9 Å². The van der Waals surface area contributed by atoms with Crippen molar-refractivity contribution in [3.05, 3.63) is 243 Å². The van der Waals surface area contributed by atoms with Crippen LogP contribution < -0.4 is 19.6 Å². The van der Waals surface area contributed by atoms with Crippen LogP contribution in [-0.2, 0) is 0 Å². The molecule has 15 rings (SSSR count). The molecular weight excluding hydrogens is 825 g/mol. The normalized spacial score (nSPS) is 13.2. The summed E-state index contributed by atoms with van der Waals surface area (Å²) in [7, 11) is 0. The van der Waals surface area contributed by atoms with Gasteiger partial charge in [-0.3, -0.25) is 0 Å². The highest BCUT2D eigenvalue weighted by Gasteiger charge is 2.37. The second-order valence-electron chi connectivity index (χ2n) is 18.0. The lowest BCUT2D eigenvalue weighted by Gasteiger charge is -2.43. The Morgan fingerprint density at radius 1 is 0.206 bits per heavy atom. The molecule has 0 saturated carbocycles. The van der Waals surface area contributed by atoms with Crippen LogP contribution in [0.25, 0.3) is 65.3 Å². The molecule has 4 heteroatoms. The fraction of sp³-hybridized carbons (Fsp3) is 0. The number of hydrogen-bond donors (Lipinski definition) is 0. The Labute approximate surface area is 394 Å². The van der Waals surface area contributed by atoms with Crippen LogP contribution in [0.2, 0.25) is 0 Å². The van der Waals surface area contributed by atoms with E-state index in [0.29, 0.717) is 0 Å². The molecule has 1 aliphatic carbocycles. The van der Waals surface area contributed by atoms with Crippen LogP contribution >= 0.6 is 0 Å². The molecule has 0 amide bonds. The minimum absolute atomic E-state index is 1.12. The first-order valence-corrected chi connectivity index (χ1v) is 23.4. The van der Waals surface area contributed by atoms with E-state index < -0.39 is 0 Å². The Kier molecular flexibility index (Phi) is 7.75. The summed E-state index contributed by atoms with van der Waals surface area (Å²) in [6.45, 7) is 0. The molecule has 4 nitrogen and oxygen atoms in total. The van der Waals surface area contributed by atoms with Crippen molar-refractivity contribution in [2.45, 2.75) is 0 Å². The van der Waals surface area contributed by atoms with Crippen molar-refractivity contribution in [2.75, 3.05) is 19.6 Å². The number of nitrogens with zero attached hydrogens (tertiary/aromatic N) is 4. The fourth-order valence-electron chi connectivity index (χ4n) is 11.8. The number of anilines is 12. The second kappa shape index (κ2) is 14.2. The molecule has 12 aromatic carbocycles. The van der Waals surface area contributed by atoms with Gasteiger partial charge in [-0.25, -0.2) is 0 Å². The molecule has 0 bridgehead atoms. The number of benzene rings is 12. The zero-order valence-electron chi connectivity index (χ0n) is 36.9. The lowest BCUT2D eigenvalue weighted by atomic mass is 9.90. The summed E-state index contributed by atoms with van der Waals surface area (Å²) in [6.07, 6.45) is 0. The Bertz CT molecular complexity index is 3970. The molecular formula is C64H40N4. The summed E-state index contributed by atoms with van der Waals surface area (Å²) in [5.74, 6) is 0. The highest BCUT2D eigenvalue weighted by atomic mass is 15.3. The summed E-state index contributed by atoms with van der Waals surface area (Å²) < 4.78 is 0. The molecule has 2 aliphatic heterocycles. The summed E-state index contributed by atoms with van der Waals surface area (Å²) in [5, 5.41) is 9.87. The van der Waals surface area contributed by atoms with E-state index in [0.717, 1.165) is 68.2 Å². The lowest BCUT2D eigenvalue weighted by Crippen LogP contribution is -2.25. The Morgan fingerprint density at radius 3 is 1.01 bits per heavy atom. The van der Waals surface area contributed by atoms with Gasteiger partial charge in [0.25, 0.3) is 0 Å². The van der Waals surface area contributed by atoms with Gasteiger partial charge in [0.1, 0.15) is 0 Å². The van der Waals surface area contributed by atoms with E-state index in [1.807, 2.05) is 0 Å². The zero-order valence-corrected chi connectivity index (χ0v) is 36.9. The first kappa shape index (κ1) is 37.1. The third-order valence-electron chi connectivity index (χ3n) is 14.5. The minimum Gasteiger partial charge on any atom is -0.306 e. The molecule has 0 unspecified atom stereocenters. The van der Waals surface area contributed by atoms with Gasteiger partial charge >= 0.3 is 0 Å². The number of para-hydroxylation sites is 10. The van der Waals surface area contributed by atoms with Gasteiger partial charge in [0.2, 0.25) is 0 Å². The van der Waals surface area contributed by atoms with Crippen molar-refractivity contribution in [1.29, 1.82) is 0 Å². The van der Waals surface area contributed by atoms with Crippen LogP contribution in [0.3, 0.4) is 0 Å². The van der Waals surface area contributed by atoms with Gasteiger partial charge in [-0.05, 0) is 135 Å². The maximum atomic E-state index is 2.55. The van der Waals surface area contributed by atoms with Crippen molar-refractivity contribution in [1.82, 2.24) is 0 Å². The second-order valence-corrected chi connectivity index (χ2v) is 18.0. The first-order valence-electron chi connectivity index (χ1n) is 23.4. The molecule has 0 radical (unpaired) electrons. The van der Waals surface area contributed by atoms with Gasteiger partial charge < -0.3 is 19.6 Å². The topological polar surface area (TPSA) is 13.0 Å². The van der Waals surface area contributed by atoms with E-state index in [9.17, 15) is 0 Å². The van der Waals surface area contributed by atoms with Crippen molar-refractivity contribution in [2.24, 2.45) is 0 Å². The maximum Gasteiger partial charge on any atom is 0.0703 e. The van der Waals surface area contributed by atoms with Gasteiger partial charge in [-0.1, -0.05) is 152 Å². The van der Waals surface area contributed by atoms with E-state index in [1.165, 1.54) is 65.3 Å². The molecule has 0 saturated heterocycles. The Morgan fingerprint density at radius 2 is 0.559 bits per heavy atom. The average molecular weight is 865 g/mol. The molecule has 0 spiro atoms. The number of rotatable bonds is 4. The highest BCUT2D eigenvalue weighted by Crippen LogP contribution is 2.62. The fourth-order valence-corrected chi connectivity index (χ4v) is 11.8. The van der Waals surface area contributed by atoms with Gasteiger partial charge in [-0.2, -0.15) is 0 Å². The predicted octanol–water partition coefficient (Wildman–Crippen LogP) is 18.5. The summed E-state index contributed by atoms with van der Waals surface area (Å²) in [4.78, 5) is 9.94. The smallest absolute Gasteiger partial charge is 0.0703 e. The summed E-state index contributed by atoms with van der Waals surface area (Å²) in [6, 6.07) is 89.5. The summed E-state index contributed by atoms with van der Waals surface area (Å²) >= 11 is 0. The van der Waals surface area contributed by atoms with Crippen LogP contribution in [0.4, 0.5) is 68.2 Å². The molecule has 316 valence electrons. The van der Waals surface area contributed by atoms with Crippen molar-refractivity contribution in [3.63, 3.8) is 0 Å². The Balaban J connectivity index is 1.10. The zero-order chi connectivity index (χ0) is 44.5. The SMILES string of the molecule is c1ccc(N2c3ccccc3N(c3c4ccccc4c(N4c5ccccc5N(c5ccccc5)c5ccccc54)c4cc5c(cc34)-c3cccc4c3c-5cc3ccccc34)c3ccccc32)cc1. The predicted molar refractivity (Wildman–Crippen MR) is 287 cm³/mol. The standard InChI is InChI=1S/C64H40N4/c1-3-21-42(22-4-1)65-54-30-11-15-34-58(54)67(59-35-16-12-31-55(59)65)63-47-26-9-10-27-48(47)64(68-60-36-17-13-32-56(60)66(43-23-5-2-6-24-43)57-33-14-18-37-61(57)68)53-40-50-49(39-52(53)63)46-29-19-28-45-44-25-8-7-20-41(44)38-51(50)62(45)46/h1-40H. The van der Waals surface area contributed by atoms with Crippen LogP contribution in [0.5, 0.6) is 0 Å². The highest BCUT2D eigenvalue weighted by molar-refractivity contribution is 6.30. The van der Waals surface area contributed by atoms with Crippen LogP contribution in [0, 0.1) is 0 Å². The lowest BCUT2D eigenvalue weighted by molar-refractivity contribution is 1.17. The third kappa shape index (κ3) is 5.09. The van der Waals surface area contributed by atoms with Crippen molar-refractivity contribution in [3.8, 4) is 22.3 Å². The van der Waals surface area contributed by atoms with E-state index in [-0.39, 0.29) is 0 Å². The molecule has 0 atom stereocenters. The average Bonchev–Trinajstić information content (AvgIpc) is 3.71. The largest absolute Gasteiger partial charge is 0.306 e.